The molecule has 0 saturated heterocycles. The van der Waals surface area contributed by atoms with Gasteiger partial charge in [0.05, 0.1) is 0 Å². The molecule has 0 aromatic carbocycles. The Morgan fingerprint density at radius 1 is 2.00 bits per heavy atom. The number of rotatable bonds is 0. The van der Waals surface area contributed by atoms with Crippen molar-refractivity contribution >= 4 is 12.4 Å². The second kappa shape index (κ2) is 1.79. The van der Waals surface area contributed by atoms with Crippen LogP contribution in [0, 0.1) is 0 Å². The zero-order chi connectivity index (χ0) is 5.98. The number of hydrazine groups is 1. The lowest BCUT2D eigenvalue weighted by atomic mass is 11.0. The van der Waals surface area contributed by atoms with Crippen LogP contribution in [-0.2, 0) is 0 Å². The van der Waals surface area contributed by atoms with Gasteiger partial charge in [-0.1, -0.05) is 0 Å². The highest BCUT2D eigenvalue weighted by Crippen LogP contribution is 1.84. The van der Waals surface area contributed by atoms with Gasteiger partial charge in [0.15, 0.2) is 0 Å². The average molecular weight is 115 g/mol. The summed E-state index contributed by atoms with van der Waals surface area (Å²) in [6.07, 6.45) is 0.189. The Hall–Kier alpha value is -1.10. The second-order valence-electron chi connectivity index (χ2n) is 1.27. The molecule has 1 rings (SSSR count). The summed E-state index contributed by atoms with van der Waals surface area (Å²) in [7, 11) is 0. The quantitative estimate of drug-likeness (QED) is 0.446. The largest absolute Gasteiger partial charge is 0.464 e. The fourth-order valence-electron chi connectivity index (χ4n) is 0.397. The van der Waals surface area contributed by atoms with E-state index in [1.54, 1.807) is 0 Å². The molecule has 1 heterocycles. The van der Waals surface area contributed by atoms with Crippen LogP contribution in [0.25, 0.3) is 0 Å². The molecule has 0 spiro atoms. The molecule has 44 valence electrons. The first-order valence-corrected chi connectivity index (χ1v) is 2.06. The number of carboxylic acid groups (broad SMARTS) is 1. The smallest absolute Gasteiger partial charge is 0.427 e. The van der Waals surface area contributed by atoms with Gasteiger partial charge in [0.2, 0.25) is 0 Å². The molecular formula is C3H5N3O2. The maximum Gasteiger partial charge on any atom is 0.427 e. The van der Waals surface area contributed by atoms with Crippen LogP contribution in [0.15, 0.2) is 4.99 Å². The highest BCUT2D eigenvalue weighted by Gasteiger charge is 2.10. The van der Waals surface area contributed by atoms with Crippen molar-refractivity contribution in [3.63, 3.8) is 0 Å². The molecule has 1 aliphatic rings. The van der Waals surface area contributed by atoms with Crippen LogP contribution >= 0.6 is 0 Å². The van der Waals surface area contributed by atoms with Crippen molar-refractivity contribution in [2.45, 2.75) is 0 Å². The lowest BCUT2D eigenvalue weighted by Gasteiger charge is -2.04. The van der Waals surface area contributed by atoms with Gasteiger partial charge in [-0.05, 0) is 0 Å². The number of hydrogen-bond donors (Lipinski definition) is 2. The number of hydrogen-bond acceptors (Lipinski definition) is 3. The van der Waals surface area contributed by atoms with Gasteiger partial charge >= 0.3 is 6.09 Å². The van der Waals surface area contributed by atoms with Crippen molar-refractivity contribution in [3.05, 3.63) is 0 Å². The molecule has 0 bridgehead atoms. The Balaban J connectivity index is 2.48. The number of amides is 1. The van der Waals surface area contributed by atoms with Crippen LogP contribution in [0.2, 0.25) is 0 Å². The molecule has 0 aliphatic carbocycles. The lowest BCUT2D eigenvalue weighted by Crippen LogP contribution is -2.35. The predicted molar refractivity (Wildman–Crippen MR) is 26.4 cm³/mol. The van der Waals surface area contributed by atoms with Crippen molar-refractivity contribution in [1.82, 2.24) is 10.4 Å². The first-order chi connectivity index (χ1) is 3.80. The fourth-order valence-corrected chi connectivity index (χ4v) is 0.397. The first-order valence-electron chi connectivity index (χ1n) is 2.06. The van der Waals surface area contributed by atoms with E-state index in [-0.39, 0.29) is 0 Å². The lowest BCUT2D eigenvalue weighted by molar-refractivity contribution is 0.160. The van der Waals surface area contributed by atoms with Crippen molar-refractivity contribution in [1.29, 1.82) is 0 Å². The summed E-state index contributed by atoms with van der Waals surface area (Å²) in [6, 6.07) is 0. The Labute approximate surface area is 45.6 Å². The molecule has 0 atom stereocenters. The third-order valence-electron chi connectivity index (χ3n) is 0.736. The minimum atomic E-state index is -1.04. The summed E-state index contributed by atoms with van der Waals surface area (Å²) in [5.74, 6) is 0. The van der Waals surface area contributed by atoms with Crippen LogP contribution in [-0.4, -0.2) is 29.2 Å². The molecule has 8 heavy (non-hydrogen) atoms. The molecule has 0 saturated carbocycles. The molecule has 2 N–H and O–H groups in total. The summed E-state index contributed by atoms with van der Waals surface area (Å²) in [4.78, 5) is 13.6. The third kappa shape index (κ3) is 0.760. The molecule has 5 heteroatoms. The van der Waals surface area contributed by atoms with Crippen LogP contribution in [0.5, 0.6) is 0 Å². The van der Waals surface area contributed by atoms with Crippen molar-refractivity contribution in [3.8, 4) is 0 Å². The number of nitrogens with one attached hydrogen (secondary N) is 1. The molecule has 0 aromatic rings. The van der Waals surface area contributed by atoms with E-state index in [1.165, 1.54) is 6.34 Å². The van der Waals surface area contributed by atoms with Crippen molar-refractivity contribution in [2.75, 3.05) is 6.67 Å². The van der Waals surface area contributed by atoms with Gasteiger partial charge in [-0.15, -0.1) is 0 Å². The topological polar surface area (TPSA) is 64.9 Å². The highest BCUT2D eigenvalue weighted by molar-refractivity contribution is 5.80. The Bertz CT molecular complexity index is 132. The zero-order valence-electron chi connectivity index (χ0n) is 4.03. The van der Waals surface area contributed by atoms with Crippen LogP contribution in [0.1, 0.15) is 0 Å². The minimum absolute atomic E-state index is 0.353. The molecular weight excluding hydrogens is 110 g/mol. The van der Waals surface area contributed by atoms with Gasteiger partial charge in [0.25, 0.3) is 0 Å². The van der Waals surface area contributed by atoms with E-state index < -0.39 is 6.09 Å². The van der Waals surface area contributed by atoms with Crippen LogP contribution in [0.3, 0.4) is 0 Å². The minimum Gasteiger partial charge on any atom is -0.464 e. The maximum atomic E-state index is 9.97. The van der Waals surface area contributed by atoms with E-state index in [9.17, 15) is 4.79 Å². The molecule has 1 aliphatic heterocycles. The predicted octanol–water partition coefficient (Wildman–Crippen LogP) is -0.530. The Morgan fingerprint density at radius 3 is 3.00 bits per heavy atom. The second-order valence-corrected chi connectivity index (χ2v) is 1.27. The monoisotopic (exact) mass is 115 g/mol. The number of carbonyl (C=O) groups is 1. The van der Waals surface area contributed by atoms with Gasteiger partial charge in [-0.2, -0.15) is 5.01 Å². The van der Waals surface area contributed by atoms with E-state index in [4.69, 9.17) is 5.11 Å². The summed E-state index contributed by atoms with van der Waals surface area (Å²) in [5.41, 5.74) is 2.47. The molecule has 1 amide bonds. The van der Waals surface area contributed by atoms with E-state index >= 15 is 0 Å². The summed E-state index contributed by atoms with van der Waals surface area (Å²) >= 11 is 0. The SMILES string of the molecule is O=C(O)N1C=NCN1. The number of nitrogens with zero attached hydrogens (tertiary/aromatic N) is 2. The van der Waals surface area contributed by atoms with E-state index in [2.05, 4.69) is 10.4 Å². The zero-order valence-corrected chi connectivity index (χ0v) is 4.03. The molecule has 0 fully saturated rings. The first kappa shape index (κ1) is 5.04. The molecule has 0 unspecified atom stereocenters. The van der Waals surface area contributed by atoms with Gasteiger partial charge < -0.3 is 5.11 Å². The van der Waals surface area contributed by atoms with Gasteiger partial charge in [-0.25, -0.2) is 10.2 Å². The van der Waals surface area contributed by atoms with Crippen LogP contribution in [0.4, 0.5) is 4.79 Å². The summed E-state index contributed by atoms with van der Waals surface area (Å²) in [6.45, 7) is 0.353. The van der Waals surface area contributed by atoms with E-state index in [0.717, 1.165) is 5.01 Å². The highest BCUT2D eigenvalue weighted by atomic mass is 16.4. The van der Waals surface area contributed by atoms with Crippen molar-refractivity contribution < 1.29 is 9.90 Å². The maximum absolute atomic E-state index is 9.97. The Kier molecular flexibility index (Phi) is 1.13. The Morgan fingerprint density at radius 2 is 2.75 bits per heavy atom. The molecule has 0 aromatic heterocycles. The molecule has 5 nitrogen and oxygen atoms in total. The van der Waals surface area contributed by atoms with Gasteiger partial charge in [-0.3, -0.25) is 4.99 Å². The van der Waals surface area contributed by atoms with Crippen molar-refractivity contribution in [2.24, 2.45) is 4.99 Å². The third-order valence-corrected chi connectivity index (χ3v) is 0.736. The normalized spacial score (nSPS) is 17.2. The standard InChI is InChI=1S/C3H5N3O2/c7-3(8)6-2-4-1-5-6/h2,5H,1H2,(H,7,8). The van der Waals surface area contributed by atoms with E-state index in [1.807, 2.05) is 0 Å². The fraction of sp³-hybridized carbons (Fsp3) is 0.333. The van der Waals surface area contributed by atoms with Gasteiger partial charge in [0, 0.05) is 0 Å². The molecule has 0 radical (unpaired) electrons. The number of aliphatic imine (C=N–C) groups is 1. The van der Waals surface area contributed by atoms with Gasteiger partial charge in [0.1, 0.15) is 13.0 Å². The van der Waals surface area contributed by atoms with E-state index in [0.29, 0.717) is 6.67 Å². The summed E-state index contributed by atoms with van der Waals surface area (Å²) in [5, 5.41) is 9.09. The van der Waals surface area contributed by atoms with Crippen LogP contribution < -0.4 is 5.43 Å². The summed E-state index contributed by atoms with van der Waals surface area (Å²) < 4.78 is 0. The average Bonchev–Trinajstić information content (AvgIpc) is 2.12.